The maximum absolute atomic E-state index is 4.68. The summed E-state index contributed by atoms with van der Waals surface area (Å²) in [5.74, 6) is 0.534. The predicted octanol–water partition coefficient (Wildman–Crippen LogP) is 8.43. The smallest absolute Gasteiger partial charge is 0.0799 e. The number of rotatable bonds is 5. The van der Waals surface area contributed by atoms with E-state index < -0.39 is 8.07 Å². The molecule has 0 bridgehead atoms. The summed E-state index contributed by atoms with van der Waals surface area (Å²) in [4.78, 5) is 9.34. The molecule has 4 heteroatoms. The molecular formula is C34H34IrN2Si-2. The third kappa shape index (κ3) is 7.67. The van der Waals surface area contributed by atoms with Crippen molar-refractivity contribution >= 4 is 13.3 Å². The van der Waals surface area contributed by atoms with Crippen molar-refractivity contribution in [1.29, 1.82) is 0 Å². The minimum atomic E-state index is -1.34. The molecule has 0 atom stereocenters. The molecule has 0 aliphatic carbocycles. The monoisotopic (exact) mass is 691 g/mol. The van der Waals surface area contributed by atoms with Crippen molar-refractivity contribution in [2.75, 3.05) is 0 Å². The van der Waals surface area contributed by atoms with E-state index in [9.17, 15) is 0 Å². The summed E-state index contributed by atoms with van der Waals surface area (Å²) in [6.45, 7) is 11.7. The molecule has 0 fully saturated rings. The second-order valence-electron chi connectivity index (χ2n) is 10.4. The number of pyridine rings is 2. The van der Waals surface area contributed by atoms with E-state index in [4.69, 9.17) is 0 Å². The second-order valence-corrected chi connectivity index (χ2v) is 15.4. The molecule has 0 unspecified atom stereocenters. The zero-order valence-corrected chi connectivity index (χ0v) is 26.1. The fourth-order valence-electron chi connectivity index (χ4n) is 4.18. The van der Waals surface area contributed by atoms with Gasteiger partial charge in [-0.3, -0.25) is 4.98 Å². The number of hydrogen-bond donors (Lipinski definition) is 0. The van der Waals surface area contributed by atoms with Crippen LogP contribution >= 0.6 is 0 Å². The van der Waals surface area contributed by atoms with Crippen molar-refractivity contribution < 1.29 is 20.1 Å². The Kier molecular flexibility index (Phi) is 10.5. The van der Waals surface area contributed by atoms with Crippen LogP contribution in [0.25, 0.3) is 33.8 Å². The molecule has 2 heterocycles. The number of benzene rings is 3. The average Bonchev–Trinajstić information content (AvgIpc) is 2.94. The van der Waals surface area contributed by atoms with E-state index in [2.05, 4.69) is 86.1 Å². The minimum absolute atomic E-state index is 0. The molecule has 195 valence electrons. The molecule has 0 saturated heterocycles. The molecule has 0 spiro atoms. The normalized spacial score (nSPS) is 10.8. The van der Waals surface area contributed by atoms with Crippen molar-refractivity contribution in [3.63, 3.8) is 0 Å². The van der Waals surface area contributed by atoms with Gasteiger partial charge in [0.05, 0.1) is 13.8 Å². The van der Waals surface area contributed by atoms with Crippen LogP contribution in [0.4, 0.5) is 0 Å². The van der Waals surface area contributed by atoms with Gasteiger partial charge in [0.25, 0.3) is 0 Å². The summed E-state index contributed by atoms with van der Waals surface area (Å²) in [5, 5.41) is 1.47. The van der Waals surface area contributed by atoms with Gasteiger partial charge in [-0.05, 0) is 34.1 Å². The first-order valence-electron chi connectivity index (χ1n) is 12.8. The van der Waals surface area contributed by atoms with Gasteiger partial charge < -0.3 is 4.98 Å². The van der Waals surface area contributed by atoms with Crippen LogP contribution in [-0.2, 0) is 20.1 Å². The number of aromatic nitrogens is 2. The van der Waals surface area contributed by atoms with E-state index in [1.165, 1.54) is 10.8 Å². The molecule has 5 rings (SSSR count). The Balaban J connectivity index is 0.000000205. The van der Waals surface area contributed by atoms with Gasteiger partial charge in [-0.15, -0.1) is 71.8 Å². The van der Waals surface area contributed by atoms with Crippen LogP contribution < -0.4 is 5.19 Å². The molecule has 0 aliphatic rings. The van der Waals surface area contributed by atoms with Gasteiger partial charge in [0.1, 0.15) is 0 Å². The Morgan fingerprint density at radius 3 is 1.79 bits per heavy atom. The predicted molar refractivity (Wildman–Crippen MR) is 160 cm³/mol. The van der Waals surface area contributed by atoms with Gasteiger partial charge in [0.2, 0.25) is 0 Å². The molecule has 2 nitrogen and oxygen atoms in total. The molecule has 3 aromatic carbocycles. The van der Waals surface area contributed by atoms with Crippen molar-refractivity contribution in [2.45, 2.75) is 39.4 Å². The quantitative estimate of drug-likeness (QED) is 0.137. The van der Waals surface area contributed by atoms with E-state index in [1.54, 1.807) is 0 Å². The van der Waals surface area contributed by atoms with Crippen molar-refractivity contribution in [3.8, 4) is 33.8 Å². The van der Waals surface area contributed by atoms with Crippen LogP contribution in [0.3, 0.4) is 0 Å². The van der Waals surface area contributed by atoms with E-state index in [0.29, 0.717) is 5.92 Å². The maximum Gasteiger partial charge on any atom is 0.0799 e. The largest absolute Gasteiger partial charge is 0.305 e. The molecule has 0 saturated carbocycles. The van der Waals surface area contributed by atoms with E-state index in [-0.39, 0.29) is 20.1 Å². The SMILES string of the molecule is CC(C)c1cc(-c2[c-]cccc2)ncc1[Si](C)(C)C.[Ir].[c-]1ccccc1-c1cccc(-c2ccccc2)n1. The Morgan fingerprint density at radius 1 is 0.658 bits per heavy atom. The molecule has 5 aromatic rings. The zero-order chi connectivity index (χ0) is 26.3. The van der Waals surface area contributed by atoms with E-state index in [1.807, 2.05) is 78.9 Å². The molecule has 0 amide bonds. The molecule has 0 N–H and O–H groups in total. The van der Waals surface area contributed by atoms with Crippen LogP contribution in [-0.4, -0.2) is 18.0 Å². The molecule has 1 radical (unpaired) electrons. The first kappa shape index (κ1) is 29.4. The molecule has 2 aromatic heterocycles. The van der Waals surface area contributed by atoms with Gasteiger partial charge in [0, 0.05) is 26.3 Å². The molecule has 38 heavy (non-hydrogen) atoms. The van der Waals surface area contributed by atoms with Crippen LogP contribution in [0.2, 0.25) is 19.6 Å². The van der Waals surface area contributed by atoms with Gasteiger partial charge in [-0.1, -0.05) is 87.6 Å². The van der Waals surface area contributed by atoms with Gasteiger partial charge >= 0.3 is 0 Å². The minimum Gasteiger partial charge on any atom is -0.305 e. The summed E-state index contributed by atoms with van der Waals surface area (Å²) >= 11 is 0. The summed E-state index contributed by atoms with van der Waals surface area (Å²) < 4.78 is 0. The number of nitrogens with zero attached hydrogens (tertiary/aromatic N) is 2. The topological polar surface area (TPSA) is 25.8 Å². The summed E-state index contributed by atoms with van der Waals surface area (Å²) in [6.07, 6.45) is 2.09. The summed E-state index contributed by atoms with van der Waals surface area (Å²) in [6, 6.07) is 40.9. The molecule has 0 aliphatic heterocycles. The third-order valence-corrected chi connectivity index (χ3v) is 8.19. The van der Waals surface area contributed by atoms with E-state index in [0.717, 1.165) is 33.8 Å². The Hall–Kier alpha value is -3.17. The van der Waals surface area contributed by atoms with Crippen LogP contribution in [0, 0.1) is 12.1 Å². The standard InChI is InChI=1S/C17H22NSi.C17H12N.Ir/c1-13(2)15-11-16(14-9-7-6-8-10-14)18-12-17(15)19(3,4)5;1-3-8-14(9-4-1)16-12-7-13-17(18-16)15-10-5-2-6-11-15;/h6-9,11-13H,1-5H3;1-10,12-13H;/q2*-1;. The van der Waals surface area contributed by atoms with Gasteiger partial charge in [0.15, 0.2) is 0 Å². The third-order valence-electron chi connectivity index (χ3n) is 6.15. The first-order valence-corrected chi connectivity index (χ1v) is 16.3. The maximum atomic E-state index is 4.68. The fourth-order valence-corrected chi connectivity index (χ4v) is 5.86. The van der Waals surface area contributed by atoms with Gasteiger partial charge in [-0.2, -0.15) is 0 Å². The Bertz CT molecular complexity index is 1360. The van der Waals surface area contributed by atoms with E-state index >= 15 is 0 Å². The van der Waals surface area contributed by atoms with Crippen molar-refractivity contribution in [3.05, 3.63) is 127 Å². The molecular weight excluding hydrogens is 657 g/mol. The Labute approximate surface area is 242 Å². The van der Waals surface area contributed by atoms with Gasteiger partial charge in [-0.25, -0.2) is 0 Å². The zero-order valence-electron chi connectivity index (χ0n) is 22.7. The Morgan fingerprint density at radius 2 is 1.24 bits per heavy atom. The van der Waals surface area contributed by atoms with Crippen LogP contribution in [0.15, 0.2) is 109 Å². The summed E-state index contributed by atoms with van der Waals surface area (Å²) in [5.41, 5.74) is 7.66. The summed E-state index contributed by atoms with van der Waals surface area (Å²) in [7, 11) is -1.34. The van der Waals surface area contributed by atoms with Crippen LogP contribution in [0.5, 0.6) is 0 Å². The van der Waals surface area contributed by atoms with Crippen LogP contribution in [0.1, 0.15) is 25.3 Å². The average molecular weight is 691 g/mol. The van der Waals surface area contributed by atoms with Crippen molar-refractivity contribution in [2.24, 2.45) is 0 Å². The van der Waals surface area contributed by atoms with Crippen molar-refractivity contribution in [1.82, 2.24) is 9.97 Å². The fraction of sp³-hybridized carbons (Fsp3) is 0.176. The first-order chi connectivity index (χ1) is 17.8. The second kappa shape index (κ2) is 13.6. The number of hydrogen-bond acceptors (Lipinski definition) is 2.